The van der Waals surface area contributed by atoms with Crippen molar-refractivity contribution >= 4 is 5.91 Å². The molecule has 3 heterocycles. The maximum Gasteiger partial charge on any atom is 0.252 e. The highest BCUT2D eigenvalue weighted by molar-refractivity contribution is 5.81. The first kappa shape index (κ1) is 12.4. The van der Waals surface area contributed by atoms with Gasteiger partial charge in [-0.05, 0) is 51.5 Å². The van der Waals surface area contributed by atoms with Crippen LogP contribution >= 0.6 is 0 Å². The van der Waals surface area contributed by atoms with Crippen molar-refractivity contribution in [2.45, 2.75) is 63.1 Å². The van der Waals surface area contributed by atoms with Crippen LogP contribution in [0.4, 0.5) is 0 Å². The molecule has 3 aliphatic heterocycles. The summed E-state index contributed by atoms with van der Waals surface area (Å²) in [6.07, 6.45) is 7.86. The van der Waals surface area contributed by atoms with Crippen LogP contribution in [0.2, 0.25) is 0 Å². The summed E-state index contributed by atoms with van der Waals surface area (Å²) in [5, 5.41) is 3.57. The number of rotatable bonds is 2. The van der Waals surface area contributed by atoms with Crippen molar-refractivity contribution in [2.24, 2.45) is 0 Å². The second kappa shape index (κ2) is 5.57. The maximum atomic E-state index is 12.5. The van der Waals surface area contributed by atoms with E-state index in [1.807, 2.05) is 0 Å². The van der Waals surface area contributed by atoms with E-state index in [0.29, 0.717) is 12.1 Å². The van der Waals surface area contributed by atoms with Crippen LogP contribution in [0.5, 0.6) is 0 Å². The third-order valence-corrected chi connectivity index (χ3v) is 4.60. The fourth-order valence-electron chi connectivity index (χ4n) is 3.65. The molecule has 0 radical (unpaired) electrons. The Morgan fingerprint density at radius 2 is 2.06 bits per heavy atom. The molecule has 3 rings (SSSR count). The third-order valence-electron chi connectivity index (χ3n) is 4.60. The van der Waals surface area contributed by atoms with Crippen molar-refractivity contribution < 1.29 is 9.53 Å². The first-order valence-electron chi connectivity index (χ1n) is 7.52. The molecule has 3 atom stereocenters. The lowest BCUT2D eigenvalue weighted by Gasteiger charge is -2.40. The van der Waals surface area contributed by atoms with Gasteiger partial charge in [-0.2, -0.15) is 0 Å². The molecule has 0 saturated carbocycles. The average Bonchev–Trinajstić information content (AvgIpc) is 3.11. The zero-order valence-corrected chi connectivity index (χ0v) is 11.1. The molecule has 3 saturated heterocycles. The summed E-state index contributed by atoms with van der Waals surface area (Å²) in [6, 6.07) is 0.939. The SMILES string of the molecule is O=C([C@H]1CCCO1)N1CCCCC1C1CCCN1. The number of hydrogen-bond donors (Lipinski definition) is 1. The zero-order chi connectivity index (χ0) is 12.4. The quantitative estimate of drug-likeness (QED) is 0.805. The fraction of sp³-hybridized carbons (Fsp3) is 0.929. The van der Waals surface area contributed by atoms with E-state index in [9.17, 15) is 4.79 Å². The summed E-state index contributed by atoms with van der Waals surface area (Å²) in [5.74, 6) is 0.255. The van der Waals surface area contributed by atoms with Crippen LogP contribution in [0.15, 0.2) is 0 Å². The standard InChI is InChI=1S/C14H24N2O2/c17-14(13-7-4-10-18-13)16-9-2-1-6-12(16)11-5-3-8-15-11/h11-13,15H,1-10H2/t11?,12?,13-/m1/s1. The van der Waals surface area contributed by atoms with Crippen molar-refractivity contribution in [3.05, 3.63) is 0 Å². The van der Waals surface area contributed by atoms with Crippen LogP contribution in [0.25, 0.3) is 0 Å². The summed E-state index contributed by atoms with van der Waals surface area (Å²) < 4.78 is 5.57. The molecular weight excluding hydrogens is 228 g/mol. The van der Waals surface area contributed by atoms with Gasteiger partial charge in [-0.15, -0.1) is 0 Å². The number of piperidine rings is 1. The van der Waals surface area contributed by atoms with Crippen LogP contribution in [0, 0.1) is 0 Å². The predicted octanol–water partition coefficient (Wildman–Crippen LogP) is 1.30. The Morgan fingerprint density at radius 1 is 1.11 bits per heavy atom. The third kappa shape index (κ3) is 2.41. The van der Waals surface area contributed by atoms with Crippen molar-refractivity contribution in [3.63, 3.8) is 0 Å². The second-order valence-corrected chi connectivity index (χ2v) is 5.80. The lowest BCUT2D eigenvalue weighted by atomic mass is 9.94. The van der Waals surface area contributed by atoms with Crippen molar-refractivity contribution in [2.75, 3.05) is 19.7 Å². The molecule has 4 nitrogen and oxygen atoms in total. The molecule has 0 aromatic rings. The number of nitrogens with one attached hydrogen (secondary N) is 1. The molecule has 1 N–H and O–H groups in total. The van der Waals surface area contributed by atoms with E-state index in [4.69, 9.17) is 4.74 Å². The normalized spacial score (nSPS) is 37.1. The van der Waals surface area contributed by atoms with Crippen LogP contribution < -0.4 is 5.32 Å². The molecule has 2 unspecified atom stereocenters. The molecule has 0 aliphatic carbocycles. The molecular formula is C14H24N2O2. The van der Waals surface area contributed by atoms with E-state index in [0.717, 1.165) is 45.4 Å². The summed E-state index contributed by atoms with van der Waals surface area (Å²) in [7, 11) is 0. The van der Waals surface area contributed by atoms with Crippen LogP contribution in [0.3, 0.4) is 0 Å². The molecule has 0 aromatic carbocycles. The molecule has 4 heteroatoms. The Labute approximate surface area is 109 Å². The zero-order valence-electron chi connectivity index (χ0n) is 11.1. The average molecular weight is 252 g/mol. The lowest BCUT2D eigenvalue weighted by Crippen LogP contribution is -2.55. The summed E-state index contributed by atoms with van der Waals surface area (Å²) in [5.41, 5.74) is 0. The van der Waals surface area contributed by atoms with E-state index in [1.54, 1.807) is 0 Å². The van der Waals surface area contributed by atoms with Gasteiger partial charge in [0.2, 0.25) is 0 Å². The minimum atomic E-state index is -0.146. The number of nitrogens with zero attached hydrogens (tertiary/aromatic N) is 1. The van der Waals surface area contributed by atoms with Gasteiger partial charge in [0.15, 0.2) is 0 Å². The predicted molar refractivity (Wildman–Crippen MR) is 69.4 cm³/mol. The molecule has 0 spiro atoms. The lowest BCUT2D eigenvalue weighted by molar-refractivity contribution is -0.145. The Bertz CT molecular complexity index is 296. The first-order valence-corrected chi connectivity index (χ1v) is 7.52. The number of carbonyl (C=O) groups excluding carboxylic acids is 1. The van der Waals surface area contributed by atoms with Gasteiger partial charge in [0, 0.05) is 25.2 Å². The Kier molecular flexibility index (Phi) is 3.85. The molecule has 0 bridgehead atoms. The van der Waals surface area contributed by atoms with Gasteiger partial charge >= 0.3 is 0 Å². The van der Waals surface area contributed by atoms with Crippen molar-refractivity contribution in [1.29, 1.82) is 0 Å². The summed E-state index contributed by atoms with van der Waals surface area (Å²) in [4.78, 5) is 14.7. The van der Waals surface area contributed by atoms with E-state index in [-0.39, 0.29) is 12.0 Å². The highest BCUT2D eigenvalue weighted by atomic mass is 16.5. The van der Waals surface area contributed by atoms with E-state index < -0.39 is 0 Å². The molecule has 3 fully saturated rings. The minimum absolute atomic E-state index is 0.146. The van der Waals surface area contributed by atoms with E-state index in [2.05, 4.69) is 10.2 Å². The number of likely N-dealkylation sites (tertiary alicyclic amines) is 1. The fourth-order valence-corrected chi connectivity index (χ4v) is 3.65. The number of carbonyl (C=O) groups is 1. The van der Waals surface area contributed by atoms with Gasteiger partial charge in [0.1, 0.15) is 6.10 Å². The van der Waals surface area contributed by atoms with E-state index in [1.165, 1.54) is 19.3 Å². The van der Waals surface area contributed by atoms with Crippen molar-refractivity contribution in [3.8, 4) is 0 Å². The summed E-state index contributed by atoms with van der Waals surface area (Å²) >= 11 is 0. The number of amides is 1. The minimum Gasteiger partial charge on any atom is -0.368 e. The van der Waals surface area contributed by atoms with Crippen molar-refractivity contribution in [1.82, 2.24) is 10.2 Å². The number of ether oxygens (including phenoxy) is 1. The van der Waals surface area contributed by atoms with Gasteiger partial charge in [-0.25, -0.2) is 0 Å². The highest BCUT2D eigenvalue weighted by Crippen LogP contribution is 2.26. The van der Waals surface area contributed by atoms with Crippen LogP contribution in [-0.4, -0.2) is 48.7 Å². The molecule has 18 heavy (non-hydrogen) atoms. The van der Waals surface area contributed by atoms with E-state index >= 15 is 0 Å². The topological polar surface area (TPSA) is 41.6 Å². The Hall–Kier alpha value is -0.610. The largest absolute Gasteiger partial charge is 0.368 e. The van der Waals surface area contributed by atoms with Crippen LogP contribution in [-0.2, 0) is 9.53 Å². The van der Waals surface area contributed by atoms with Gasteiger partial charge in [-0.3, -0.25) is 4.79 Å². The van der Waals surface area contributed by atoms with Crippen LogP contribution in [0.1, 0.15) is 44.9 Å². The molecule has 102 valence electrons. The Balaban J connectivity index is 1.68. The van der Waals surface area contributed by atoms with Gasteiger partial charge < -0.3 is 15.0 Å². The van der Waals surface area contributed by atoms with Gasteiger partial charge in [0.05, 0.1) is 0 Å². The summed E-state index contributed by atoms with van der Waals surface area (Å²) in [6.45, 7) is 2.81. The Morgan fingerprint density at radius 3 is 2.78 bits per heavy atom. The smallest absolute Gasteiger partial charge is 0.252 e. The first-order chi connectivity index (χ1) is 8.86. The highest BCUT2D eigenvalue weighted by Gasteiger charge is 2.37. The molecule has 0 aromatic heterocycles. The maximum absolute atomic E-state index is 12.5. The van der Waals surface area contributed by atoms with Gasteiger partial charge in [-0.1, -0.05) is 0 Å². The molecule has 3 aliphatic rings. The number of hydrogen-bond acceptors (Lipinski definition) is 3. The monoisotopic (exact) mass is 252 g/mol. The molecule has 1 amide bonds. The second-order valence-electron chi connectivity index (χ2n) is 5.80. The van der Waals surface area contributed by atoms with Gasteiger partial charge in [0.25, 0.3) is 5.91 Å².